The van der Waals surface area contributed by atoms with E-state index in [0.717, 1.165) is 35.9 Å². The van der Waals surface area contributed by atoms with Crippen LogP contribution in [0.5, 0.6) is 0 Å². The number of carbonyl (C=O) groups excluding carboxylic acids is 1. The standard InChI is InChI=1S/C19H26N4O4/c1-19(21-18(25)26,10-13-11-20-16-8-4-3-7-15(13)16)17(24)22-23-9-5-6-14(23)12-27-2/h3-4,7-8,11,14,20-21H,5-6,9-10,12H2,1-2H3,(H,22,24)(H,25,26). The molecule has 0 aliphatic carbocycles. The molecule has 146 valence electrons. The summed E-state index contributed by atoms with van der Waals surface area (Å²) in [5.74, 6) is -0.377. The maximum Gasteiger partial charge on any atom is 0.405 e. The highest BCUT2D eigenvalue weighted by molar-refractivity contribution is 5.91. The largest absolute Gasteiger partial charge is 0.465 e. The number of aromatic nitrogens is 1. The third-order valence-electron chi connectivity index (χ3n) is 5.08. The van der Waals surface area contributed by atoms with Crippen LogP contribution in [0.1, 0.15) is 25.3 Å². The summed E-state index contributed by atoms with van der Waals surface area (Å²) in [6.07, 6.45) is 2.71. The van der Waals surface area contributed by atoms with E-state index in [1.54, 1.807) is 14.0 Å². The minimum atomic E-state index is -1.31. The number of rotatable bonds is 7. The number of nitrogens with one attached hydrogen (secondary N) is 3. The number of carbonyl (C=O) groups is 2. The monoisotopic (exact) mass is 374 g/mol. The molecule has 8 heteroatoms. The summed E-state index contributed by atoms with van der Waals surface area (Å²) in [5, 5.41) is 14.5. The molecule has 2 heterocycles. The van der Waals surface area contributed by atoms with Gasteiger partial charge >= 0.3 is 6.09 Å². The molecule has 2 amide bonds. The highest BCUT2D eigenvalue weighted by atomic mass is 16.5. The van der Waals surface area contributed by atoms with Gasteiger partial charge in [-0.2, -0.15) is 0 Å². The molecule has 4 N–H and O–H groups in total. The number of H-pyrrole nitrogens is 1. The highest BCUT2D eigenvalue weighted by Gasteiger charge is 2.38. The number of nitrogens with zero attached hydrogens (tertiary/aromatic N) is 1. The van der Waals surface area contributed by atoms with Crippen molar-refractivity contribution in [1.82, 2.24) is 20.7 Å². The number of ether oxygens (including phenoxy) is 1. The van der Waals surface area contributed by atoms with E-state index in [4.69, 9.17) is 4.74 Å². The first-order valence-electron chi connectivity index (χ1n) is 9.06. The molecule has 8 nitrogen and oxygen atoms in total. The Bertz CT molecular complexity index is 821. The Labute approximate surface area is 157 Å². The Balaban J connectivity index is 1.81. The fraction of sp³-hybridized carbons (Fsp3) is 0.474. The smallest absolute Gasteiger partial charge is 0.405 e. The maximum absolute atomic E-state index is 13.0. The fourth-order valence-corrected chi connectivity index (χ4v) is 3.68. The molecule has 0 radical (unpaired) electrons. The molecule has 1 aliphatic rings. The van der Waals surface area contributed by atoms with E-state index in [0.29, 0.717) is 6.61 Å². The number of hydrazine groups is 1. The van der Waals surface area contributed by atoms with Crippen LogP contribution in [0.25, 0.3) is 10.9 Å². The van der Waals surface area contributed by atoms with Gasteiger partial charge in [-0.15, -0.1) is 0 Å². The number of amides is 2. The van der Waals surface area contributed by atoms with Crippen molar-refractivity contribution in [2.75, 3.05) is 20.3 Å². The number of hydrogen-bond donors (Lipinski definition) is 4. The minimum absolute atomic E-state index is 0.0983. The molecular weight excluding hydrogens is 348 g/mol. The van der Waals surface area contributed by atoms with Crippen LogP contribution in [0.15, 0.2) is 30.5 Å². The number of hydrogen-bond acceptors (Lipinski definition) is 4. The summed E-state index contributed by atoms with van der Waals surface area (Å²) >= 11 is 0. The zero-order chi connectivity index (χ0) is 19.4. The Morgan fingerprint density at radius 3 is 2.93 bits per heavy atom. The van der Waals surface area contributed by atoms with E-state index in [9.17, 15) is 14.7 Å². The molecule has 0 saturated carbocycles. The van der Waals surface area contributed by atoms with Crippen LogP contribution in [-0.2, 0) is 16.0 Å². The number of benzene rings is 1. The van der Waals surface area contributed by atoms with Crippen LogP contribution >= 0.6 is 0 Å². The van der Waals surface area contributed by atoms with Crippen LogP contribution in [-0.4, -0.2) is 58.9 Å². The number of fused-ring (bicyclic) bond motifs is 1. The van der Waals surface area contributed by atoms with Crippen molar-refractivity contribution in [3.8, 4) is 0 Å². The maximum atomic E-state index is 13.0. The van der Waals surface area contributed by atoms with Crippen LogP contribution in [0.3, 0.4) is 0 Å². The highest BCUT2D eigenvalue weighted by Crippen LogP contribution is 2.23. The molecule has 2 unspecified atom stereocenters. The number of aromatic amines is 1. The van der Waals surface area contributed by atoms with Crippen molar-refractivity contribution in [2.24, 2.45) is 0 Å². The number of methoxy groups -OCH3 is 1. The molecule has 1 saturated heterocycles. The minimum Gasteiger partial charge on any atom is -0.465 e. The molecule has 1 aromatic carbocycles. The van der Waals surface area contributed by atoms with Crippen LogP contribution in [0.4, 0.5) is 4.79 Å². The Kier molecular flexibility index (Phi) is 5.67. The van der Waals surface area contributed by atoms with Crippen molar-refractivity contribution in [1.29, 1.82) is 0 Å². The summed E-state index contributed by atoms with van der Waals surface area (Å²) in [4.78, 5) is 27.6. The second-order valence-electron chi connectivity index (χ2n) is 7.18. The van der Waals surface area contributed by atoms with Gasteiger partial charge in [0.15, 0.2) is 0 Å². The van der Waals surface area contributed by atoms with Gasteiger partial charge in [0.05, 0.1) is 12.6 Å². The Morgan fingerprint density at radius 1 is 1.41 bits per heavy atom. The fourth-order valence-electron chi connectivity index (χ4n) is 3.68. The van der Waals surface area contributed by atoms with E-state index < -0.39 is 11.6 Å². The third kappa shape index (κ3) is 4.23. The molecule has 2 atom stereocenters. The number of carboxylic acid groups (broad SMARTS) is 1. The van der Waals surface area contributed by atoms with E-state index >= 15 is 0 Å². The predicted octanol–water partition coefficient (Wildman–Crippen LogP) is 1.88. The average molecular weight is 374 g/mol. The summed E-state index contributed by atoms with van der Waals surface area (Å²) in [6, 6.07) is 7.84. The van der Waals surface area contributed by atoms with Gasteiger partial charge in [0, 0.05) is 37.2 Å². The SMILES string of the molecule is COCC1CCCN1NC(=O)C(C)(Cc1c[nH]c2ccccc12)NC(=O)O. The lowest BCUT2D eigenvalue weighted by Gasteiger charge is -2.32. The molecule has 0 spiro atoms. The third-order valence-corrected chi connectivity index (χ3v) is 5.08. The summed E-state index contributed by atoms with van der Waals surface area (Å²) in [5.41, 5.74) is 3.42. The van der Waals surface area contributed by atoms with Gasteiger partial charge in [-0.25, -0.2) is 9.80 Å². The van der Waals surface area contributed by atoms with E-state index in [-0.39, 0.29) is 18.4 Å². The quantitative estimate of drug-likeness (QED) is 0.592. The summed E-state index contributed by atoms with van der Waals surface area (Å²) in [7, 11) is 1.63. The molecule has 3 rings (SSSR count). The van der Waals surface area contributed by atoms with E-state index in [2.05, 4.69) is 15.7 Å². The average Bonchev–Trinajstić information content (AvgIpc) is 3.22. The van der Waals surface area contributed by atoms with Gasteiger partial charge in [-0.05, 0) is 31.4 Å². The topological polar surface area (TPSA) is 107 Å². The molecule has 1 fully saturated rings. The number of para-hydroxylation sites is 1. The predicted molar refractivity (Wildman–Crippen MR) is 101 cm³/mol. The second-order valence-corrected chi connectivity index (χ2v) is 7.18. The van der Waals surface area contributed by atoms with Crippen molar-refractivity contribution in [2.45, 2.75) is 37.8 Å². The van der Waals surface area contributed by atoms with Gasteiger partial charge < -0.3 is 20.1 Å². The molecule has 1 aliphatic heterocycles. The second kappa shape index (κ2) is 7.98. The lowest BCUT2D eigenvalue weighted by molar-refractivity contribution is -0.132. The first-order chi connectivity index (χ1) is 12.9. The van der Waals surface area contributed by atoms with Crippen LogP contribution in [0.2, 0.25) is 0 Å². The summed E-state index contributed by atoms with van der Waals surface area (Å²) < 4.78 is 5.21. The Hall–Kier alpha value is -2.58. The molecule has 0 bridgehead atoms. The zero-order valence-corrected chi connectivity index (χ0v) is 15.6. The first kappa shape index (κ1) is 19.2. The van der Waals surface area contributed by atoms with Gasteiger partial charge in [0.25, 0.3) is 5.91 Å². The first-order valence-corrected chi connectivity index (χ1v) is 9.06. The van der Waals surface area contributed by atoms with E-state index in [1.807, 2.05) is 35.5 Å². The van der Waals surface area contributed by atoms with Crippen LogP contribution in [0, 0.1) is 0 Å². The zero-order valence-electron chi connectivity index (χ0n) is 15.6. The van der Waals surface area contributed by atoms with Gasteiger partial charge in [0.1, 0.15) is 5.54 Å². The van der Waals surface area contributed by atoms with Crippen molar-refractivity contribution in [3.63, 3.8) is 0 Å². The molecular formula is C19H26N4O4. The lowest BCUT2D eigenvalue weighted by atomic mass is 9.91. The Morgan fingerprint density at radius 2 is 2.19 bits per heavy atom. The van der Waals surface area contributed by atoms with Gasteiger partial charge in [0.2, 0.25) is 0 Å². The molecule has 2 aromatic rings. The normalized spacial score (nSPS) is 19.7. The lowest BCUT2D eigenvalue weighted by Crippen LogP contribution is -2.61. The van der Waals surface area contributed by atoms with Crippen molar-refractivity contribution < 1.29 is 19.4 Å². The summed E-state index contributed by atoms with van der Waals surface area (Å²) in [6.45, 7) is 2.85. The van der Waals surface area contributed by atoms with Crippen molar-refractivity contribution >= 4 is 22.9 Å². The van der Waals surface area contributed by atoms with Gasteiger partial charge in [-0.1, -0.05) is 18.2 Å². The molecule has 27 heavy (non-hydrogen) atoms. The van der Waals surface area contributed by atoms with Gasteiger partial charge in [-0.3, -0.25) is 10.2 Å². The van der Waals surface area contributed by atoms with Crippen LogP contribution < -0.4 is 10.7 Å². The van der Waals surface area contributed by atoms with Crippen molar-refractivity contribution in [3.05, 3.63) is 36.0 Å². The molecule has 1 aromatic heterocycles. The van der Waals surface area contributed by atoms with E-state index in [1.165, 1.54) is 0 Å².